The Morgan fingerprint density at radius 3 is 2.81 bits per heavy atom. The van der Waals surface area contributed by atoms with Gasteiger partial charge in [0, 0.05) is 5.56 Å². The van der Waals surface area contributed by atoms with Crippen molar-refractivity contribution >= 4 is 23.9 Å². The van der Waals surface area contributed by atoms with Crippen molar-refractivity contribution in [2.75, 3.05) is 11.9 Å². The zero-order valence-corrected chi connectivity index (χ0v) is 11.4. The number of aromatic nitrogens is 1. The normalized spacial score (nSPS) is 13.7. The fourth-order valence-electron chi connectivity index (χ4n) is 2.11. The molecule has 0 aliphatic carbocycles. The first kappa shape index (κ1) is 13.3. The molecule has 21 heavy (non-hydrogen) atoms. The highest BCUT2D eigenvalue weighted by atomic mass is 19.1. The summed E-state index contributed by atoms with van der Waals surface area (Å²) in [5.74, 6) is -0.182. The number of nitrogens with zero attached hydrogens (tertiary/aromatic N) is 1. The van der Waals surface area contributed by atoms with Gasteiger partial charge in [-0.1, -0.05) is 36.4 Å². The molecule has 1 amide bonds. The molecule has 0 unspecified atom stereocenters. The summed E-state index contributed by atoms with van der Waals surface area (Å²) >= 11 is 0. The first-order chi connectivity index (χ1) is 10.1. The van der Waals surface area contributed by atoms with Crippen LogP contribution in [0.4, 0.5) is 10.2 Å². The van der Waals surface area contributed by atoms with Gasteiger partial charge in [-0.05, 0) is 18.6 Å². The van der Waals surface area contributed by atoms with Gasteiger partial charge in [0.2, 0.25) is 0 Å². The van der Waals surface area contributed by atoms with Gasteiger partial charge in [-0.2, -0.15) is 0 Å². The van der Waals surface area contributed by atoms with Gasteiger partial charge < -0.3 is 10.1 Å². The number of benzene rings is 1. The Bertz CT molecular complexity index is 727. The zero-order chi connectivity index (χ0) is 14.8. The summed E-state index contributed by atoms with van der Waals surface area (Å²) in [5, 5.41) is 2.59. The second-order valence-corrected chi connectivity index (χ2v) is 4.69. The Morgan fingerprint density at radius 1 is 1.29 bits per heavy atom. The van der Waals surface area contributed by atoms with E-state index in [2.05, 4.69) is 10.3 Å². The van der Waals surface area contributed by atoms with E-state index >= 15 is 0 Å². The third-order valence-electron chi connectivity index (χ3n) is 3.18. The van der Waals surface area contributed by atoms with Gasteiger partial charge in [-0.3, -0.25) is 4.79 Å². The van der Waals surface area contributed by atoms with Crippen LogP contribution in [-0.2, 0) is 4.79 Å². The lowest BCUT2D eigenvalue weighted by atomic mass is 10.1. The van der Waals surface area contributed by atoms with E-state index in [1.807, 2.05) is 30.3 Å². The van der Waals surface area contributed by atoms with E-state index in [0.29, 0.717) is 11.3 Å². The Morgan fingerprint density at radius 2 is 2.05 bits per heavy atom. The van der Waals surface area contributed by atoms with Crippen LogP contribution in [0.15, 0.2) is 30.3 Å². The van der Waals surface area contributed by atoms with E-state index < -0.39 is 5.82 Å². The van der Waals surface area contributed by atoms with Crippen molar-refractivity contribution in [3.63, 3.8) is 0 Å². The van der Waals surface area contributed by atoms with E-state index in [9.17, 15) is 9.18 Å². The molecule has 2 heterocycles. The van der Waals surface area contributed by atoms with E-state index in [1.165, 1.54) is 0 Å². The number of fused-ring (bicyclic) bond motifs is 1. The van der Waals surface area contributed by atoms with Crippen molar-refractivity contribution in [3.8, 4) is 5.75 Å². The Labute approximate surface area is 121 Å². The molecule has 4 nitrogen and oxygen atoms in total. The van der Waals surface area contributed by atoms with Crippen LogP contribution in [0.5, 0.6) is 5.75 Å². The average molecular weight is 284 g/mol. The first-order valence-electron chi connectivity index (χ1n) is 6.51. The number of hydrogen-bond donors (Lipinski definition) is 1. The van der Waals surface area contributed by atoms with Crippen molar-refractivity contribution in [1.29, 1.82) is 0 Å². The summed E-state index contributed by atoms with van der Waals surface area (Å²) in [6.07, 6.45) is 3.35. The molecule has 5 heteroatoms. The fraction of sp³-hybridized carbons (Fsp3) is 0.125. The Hall–Kier alpha value is -2.69. The summed E-state index contributed by atoms with van der Waals surface area (Å²) in [7, 11) is 0. The highest BCUT2D eigenvalue weighted by Crippen LogP contribution is 2.32. The van der Waals surface area contributed by atoms with Crippen LogP contribution in [0.1, 0.15) is 16.8 Å². The topological polar surface area (TPSA) is 51.2 Å². The van der Waals surface area contributed by atoms with Gasteiger partial charge >= 0.3 is 0 Å². The number of carbonyl (C=O) groups is 1. The lowest BCUT2D eigenvalue weighted by Crippen LogP contribution is -2.27. The minimum Gasteiger partial charge on any atom is -0.479 e. The lowest BCUT2D eigenvalue weighted by Gasteiger charge is -2.19. The van der Waals surface area contributed by atoms with E-state index in [-0.39, 0.29) is 24.0 Å². The highest BCUT2D eigenvalue weighted by molar-refractivity contribution is 5.94. The molecule has 0 saturated carbocycles. The molecule has 1 aliphatic heterocycles. The summed E-state index contributed by atoms with van der Waals surface area (Å²) in [6.45, 7) is 1.49. The molecule has 1 N–H and O–H groups in total. The maximum Gasteiger partial charge on any atom is 0.263 e. The van der Waals surface area contributed by atoms with Gasteiger partial charge in [-0.15, -0.1) is 0 Å². The van der Waals surface area contributed by atoms with Crippen LogP contribution < -0.4 is 10.1 Å². The Balaban J connectivity index is 2.00. The molecule has 0 fully saturated rings. The van der Waals surface area contributed by atoms with E-state index in [0.717, 1.165) is 5.56 Å². The second-order valence-electron chi connectivity index (χ2n) is 4.69. The van der Waals surface area contributed by atoms with Crippen molar-refractivity contribution in [1.82, 2.24) is 4.98 Å². The number of ether oxygens (including phenoxy) is 1. The molecule has 2 aromatic rings. The molecule has 0 bridgehead atoms. The standard InChI is InChI=1S/C16H13FN2O2/c1-10-14(17)12(8-7-11-5-3-2-4-6-11)18-16-15(10)21-9-13(20)19-16/h2-8H,9H2,1H3,(H,18,19,20). The van der Waals surface area contributed by atoms with Gasteiger partial charge in [0.25, 0.3) is 5.91 Å². The second kappa shape index (κ2) is 5.36. The summed E-state index contributed by atoms with van der Waals surface area (Å²) in [6, 6.07) is 9.52. The van der Waals surface area contributed by atoms with E-state index in [4.69, 9.17) is 4.74 Å². The van der Waals surface area contributed by atoms with Crippen LogP contribution in [-0.4, -0.2) is 17.5 Å². The predicted octanol–water partition coefficient (Wildman–Crippen LogP) is 3.03. The number of amides is 1. The fourth-order valence-corrected chi connectivity index (χ4v) is 2.11. The molecule has 0 spiro atoms. The zero-order valence-electron chi connectivity index (χ0n) is 11.4. The third-order valence-corrected chi connectivity index (χ3v) is 3.18. The molecule has 1 aliphatic rings. The molecule has 3 rings (SSSR count). The number of halogens is 1. The van der Waals surface area contributed by atoms with Gasteiger partial charge in [0.15, 0.2) is 24.0 Å². The minimum absolute atomic E-state index is 0.117. The molecule has 1 aromatic heterocycles. The summed E-state index contributed by atoms with van der Waals surface area (Å²) in [4.78, 5) is 15.4. The van der Waals surface area contributed by atoms with Crippen LogP contribution in [0.25, 0.3) is 12.2 Å². The number of nitrogens with one attached hydrogen (secondary N) is 1. The van der Waals surface area contributed by atoms with Crippen LogP contribution >= 0.6 is 0 Å². The first-order valence-corrected chi connectivity index (χ1v) is 6.51. The SMILES string of the molecule is Cc1c(F)c(C=Cc2ccccc2)nc2c1OCC(=O)N2. The number of anilines is 1. The molecular weight excluding hydrogens is 271 g/mol. The predicted molar refractivity (Wildman–Crippen MR) is 78.4 cm³/mol. The largest absolute Gasteiger partial charge is 0.479 e. The average Bonchev–Trinajstić information content (AvgIpc) is 2.50. The summed E-state index contributed by atoms with van der Waals surface area (Å²) < 4.78 is 19.5. The van der Waals surface area contributed by atoms with Gasteiger partial charge in [-0.25, -0.2) is 9.37 Å². The number of rotatable bonds is 2. The quantitative estimate of drug-likeness (QED) is 0.922. The number of pyridine rings is 1. The van der Waals surface area contributed by atoms with Crippen molar-refractivity contribution < 1.29 is 13.9 Å². The molecule has 1 aromatic carbocycles. The van der Waals surface area contributed by atoms with Crippen molar-refractivity contribution in [2.24, 2.45) is 0 Å². The number of carbonyl (C=O) groups excluding carboxylic acids is 1. The smallest absolute Gasteiger partial charge is 0.263 e. The summed E-state index contributed by atoms with van der Waals surface area (Å²) in [5.41, 5.74) is 1.45. The Kier molecular flexibility index (Phi) is 3.39. The molecule has 0 atom stereocenters. The number of hydrogen-bond acceptors (Lipinski definition) is 3. The maximum atomic E-state index is 14.3. The molecule has 0 radical (unpaired) electrons. The monoisotopic (exact) mass is 284 g/mol. The molecular formula is C16H13FN2O2. The van der Waals surface area contributed by atoms with Crippen molar-refractivity contribution in [2.45, 2.75) is 6.92 Å². The van der Waals surface area contributed by atoms with Crippen molar-refractivity contribution in [3.05, 3.63) is 53.0 Å². The van der Waals surface area contributed by atoms with Crippen LogP contribution in [0.3, 0.4) is 0 Å². The molecule has 106 valence electrons. The van der Waals surface area contributed by atoms with Crippen LogP contribution in [0, 0.1) is 12.7 Å². The maximum absolute atomic E-state index is 14.3. The van der Waals surface area contributed by atoms with E-state index in [1.54, 1.807) is 19.1 Å². The highest BCUT2D eigenvalue weighted by Gasteiger charge is 2.23. The van der Waals surface area contributed by atoms with Gasteiger partial charge in [0.05, 0.1) is 0 Å². The minimum atomic E-state index is -0.447. The van der Waals surface area contributed by atoms with Gasteiger partial charge in [0.1, 0.15) is 5.69 Å². The molecule has 0 saturated heterocycles. The lowest BCUT2D eigenvalue weighted by molar-refractivity contribution is -0.118. The van der Waals surface area contributed by atoms with Crippen LogP contribution in [0.2, 0.25) is 0 Å². The third kappa shape index (κ3) is 2.63.